The number of ether oxygens (including phenoxy) is 1. The summed E-state index contributed by atoms with van der Waals surface area (Å²) in [5.41, 5.74) is 4.51. The minimum Gasteiger partial charge on any atom is -0.423 e. The smallest absolute Gasteiger partial charge is 0.343 e. The highest BCUT2D eigenvalue weighted by Gasteiger charge is 2.53. The van der Waals surface area contributed by atoms with E-state index in [0.717, 1.165) is 23.1 Å². The quantitative estimate of drug-likeness (QED) is 0.440. The maximum atomic E-state index is 12.4. The van der Waals surface area contributed by atoms with E-state index in [0.29, 0.717) is 17.2 Å². The first kappa shape index (κ1) is 18.0. The van der Waals surface area contributed by atoms with Crippen molar-refractivity contribution in [1.29, 1.82) is 5.26 Å². The zero-order valence-electron chi connectivity index (χ0n) is 16.0. The molecule has 1 aliphatic rings. The number of carbonyl (C=O) groups excluding carboxylic acids is 1. The molecule has 0 spiro atoms. The van der Waals surface area contributed by atoms with Crippen molar-refractivity contribution in [2.24, 2.45) is 5.92 Å². The summed E-state index contributed by atoms with van der Waals surface area (Å²) in [7, 11) is 0. The van der Waals surface area contributed by atoms with E-state index < -0.39 is 5.97 Å². The lowest BCUT2D eigenvalue weighted by Gasteiger charge is -2.10. The minimum absolute atomic E-state index is 0.367. The minimum atomic E-state index is -0.391. The molecule has 0 aliphatic heterocycles. The third kappa shape index (κ3) is 3.30. The zero-order valence-corrected chi connectivity index (χ0v) is 16.0. The van der Waals surface area contributed by atoms with Gasteiger partial charge in [-0.2, -0.15) is 5.26 Å². The number of esters is 1. The zero-order chi connectivity index (χ0) is 19.7. The third-order valence-corrected chi connectivity index (χ3v) is 5.59. The molecule has 28 heavy (non-hydrogen) atoms. The van der Waals surface area contributed by atoms with Gasteiger partial charge >= 0.3 is 5.97 Å². The van der Waals surface area contributed by atoms with Crippen LogP contribution in [0, 0.1) is 24.2 Å². The molecule has 1 saturated carbocycles. The average molecular weight is 367 g/mol. The summed E-state index contributed by atoms with van der Waals surface area (Å²) in [4.78, 5) is 12.4. The molecule has 0 amide bonds. The van der Waals surface area contributed by atoms with Crippen LogP contribution in [-0.2, 0) is 5.41 Å². The van der Waals surface area contributed by atoms with Crippen LogP contribution >= 0.6 is 0 Å². The van der Waals surface area contributed by atoms with Crippen LogP contribution in [0.25, 0.3) is 11.1 Å². The Labute approximate surface area is 165 Å². The predicted molar refractivity (Wildman–Crippen MR) is 109 cm³/mol. The van der Waals surface area contributed by atoms with Crippen molar-refractivity contribution in [3.05, 3.63) is 89.5 Å². The van der Waals surface area contributed by atoms with Gasteiger partial charge in [-0.05, 0) is 60.2 Å². The van der Waals surface area contributed by atoms with Crippen LogP contribution in [0.1, 0.15) is 34.8 Å². The Kier molecular flexibility index (Phi) is 4.49. The molecular formula is C25H21NO2. The van der Waals surface area contributed by atoms with Gasteiger partial charge in [0.25, 0.3) is 0 Å². The molecule has 138 valence electrons. The molecule has 0 unspecified atom stereocenters. The molecule has 4 rings (SSSR count). The highest BCUT2D eigenvalue weighted by atomic mass is 16.5. The van der Waals surface area contributed by atoms with Crippen LogP contribution in [0.2, 0.25) is 0 Å². The van der Waals surface area contributed by atoms with Gasteiger partial charge < -0.3 is 4.74 Å². The lowest BCUT2D eigenvalue weighted by Crippen LogP contribution is -2.09. The van der Waals surface area contributed by atoms with Gasteiger partial charge in [0, 0.05) is 0 Å². The van der Waals surface area contributed by atoms with Gasteiger partial charge in [0.1, 0.15) is 5.75 Å². The fourth-order valence-electron chi connectivity index (χ4n) is 3.58. The highest BCUT2D eigenvalue weighted by Crippen LogP contribution is 2.53. The number of rotatable bonds is 4. The Hall–Kier alpha value is -3.38. The Balaban J connectivity index is 1.45. The fraction of sp³-hybridized carbons (Fsp3) is 0.200. The number of benzene rings is 3. The molecule has 0 radical (unpaired) electrons. The summed E-state index contributed by atoms with van der Waals surface area (Å²) in [5.74, 6) is 0.466. The monoisotopic (exact) mass is 367 g/mol. The maximum absolute atomic E-state index is 12.4. The van der Waals surface area contributed by atoms with E-state index in [2.05, 4.69) is 44.2 Å². The lowest BCUT2D eigenvalue weighted by molar-refractivity contribution is 0.0734. The van der Waals surface area contributed by atoms with Gasteiger partial charge in [0.2, 0.25) is 0 Å². The van der Waals surface area contributed by atoms with Crippen LogP contribution < -0.4 is 4.74 Å². The molecule has 1 aliphatic carbocycles. The topological polar surface area (TPSA) is 50.1 Å². The van der Waals surface area contributed by atoms with Crippen LogP contribution in [-0.4, -0.2) is 5.97 Å². The molecule has 3 aromatic carbocycles. The van der Waals surface area contributed by atoms with Crippen molar-refractivity contribution in [3.63, 3.8) is 0 Å². The van der Waals surface area contributed by atoms with E-state index in [1.165, 1.54) is 5.56 Å². The number of aryl methyl sites for hydroxylation is 1. The molecule has 0 N–H and O–H groups in total. The van der Waals surface area contributed by atoms with Crippen LogP contribution in [0.4, 0.5) is 0 Å². The number of hydrogen-bond donors (Lipinski definition) is 0. The lowest BCUT2D eigenvalue weighted by atomic mass is 9.95. The van der Waals surface area contributed by atoms with Crippen LogP contribution in [0.5, 0.6) is 5.75 Å². The standard InChI is InChI=1S/C25H21NO2/c1-17-3-5-19(6-4-17)20-7-9-21(10-8-20)24(27)28-23-13-11-22(12-14-23)25(16-26)15-18(25)2/h3-14,18H,15H2,1-2H3/t18-,25+/m0/s1. The second kappa shape index (κ2) is 6.98. The number of carbonyl (C=O) groups is 1. The molecule has 0 aromatic heterocycles. The van der Waals surface area contributed by atoms with Crippen molar-refractivity contribution in [1.82, 2.24) is 0 Å². The highest BCUT2D eigenvalue weighted by molar-refractivity contribution is 5.91. The molecule has 0 bridgehead atoms. The van der Waals surface area contributed by atoms with Gasteiger partial charge in [-0.1, -0.05) is 61.0 Å². The molecule has 1 fully saturated rings. The van der Waals surface area contributed by atoms with E-state index in [1.807, 2.05) is 24.3 Å². The van der Waals surface area contributed by atoms with E-state index in [4.69, 9.17) is 4.74 Å². The summed E-state index contributed by atoms with van der Waals surface area (Å²) >= 11 is 0. The normalized spacial score (nSPS) is 20.2. The van der Waals surface area contributed by atoms with Gasteiger partial charge in [-0.25, -0.2) is 4.79 Å². The molecule has 3 heteroatoms. The molecule has 3 nitrogen and oxygen atoms in total. The summed E-state index contributed by atoms with van der Waals surface area (Å²) in [6.07, 6.45) is 0.885. The second-order valence-corrected chi connectivity index (χ2v) is 7.55. The van der Waals surface area contributed by atoms with E-state index in [-0.39, 0.29) is 5.41 Å². The van der Waals surface area contributed by atoms with Crippen molar-refractivity contribution in [2.45, 2.75) is 25.7 Å². The largest absolute Gasteiger partial charge is 0.423 e. The maximum Gasteiger partial charge on any atom is 0.343 e. The van der Waals surface area contributed by atoms with E-state index in [1.54, 1.807) is 24.3 Å². The summed E-state index contributed by atoms with van der Waals surface area (Å²) in [6, 6.07) is 25.4. The van der Waals surface area contributed by atoms with Gasteiger partial charge in [-0.15, -0.1) is 0 Å². The SMILES string of the molecule is Cc1ccc(-c2ccc(C(=O)Oc3ccc([C@@]4(C#N)C[C@@H]4C)cc3)cc2)cc1. The first-order valence-electron chi connectivity index (χ1n) is 9.43. The number of nitrogens with zero attached hydrogens (tertiary/aromatic N) is 1. The van der Waals surface area contributed by atoms with Crippen molar-refractivity contribution >= 4 is 5.97 Å². The molecule has 0 heterocycles. The predicted octanol–water partition coefficient (Wildman–Crippen LogP) is 5.68. The Bertz CT molecular complexity index is 1040. The molecular weight excluding hydrogens is 346 g/mol. The fourth-order valence-corrected chi connectivity index (χ4v) is 3.58. The number of nitriles is 1. The van der Waals surface area contributed by atoms with Crippen molar-refractivity contribution in [3.8, 4) is 22.9 Å². The summed E-state index contributed by atoms with van der Waals surface area (Å²) < 4.78 is 5.49. The van der Waals surface area contributed by atoms with E-state index >= 15 is 0 Å². The Morgan fingerprint density at radius 3 is 2.00 bits per heavy atom. The van der Waals surface area contributed by atoms with Gasteiger partial charge in [-0.3, -0.25) is 0 Å². The van der Waals surface area contributed by atoms with E-state index in [9.17, 15) is 10.1 Å². The van der Waals surface area contributed by atoms with Crippen LogP contribution in [0.15, 0.2) is 72.8 Å². The average Bonchev–Trinajstić information content (AvgIpc) is 3.40. The first-order valence-corrected chi connectivity index (χ1v) is 9.43. The Morgan fingerprint density at radius 1 is 0.964 bits per heavy atom. The Morgan fingerprint density at radius 2 is 1.50 bits per heavy atom. The van der Waals surface area contributed by atoms with Crippen molar-refractivity contribution in [2.75, 3.05) is 0 Å². The van der Waals surface area contributed by atoms with Crippen LogP contribution in [0.3, 0.4) is 0 Å². The summed E-state index contributed by atoms with van der Waals surface area (Å²) in [6.45, 7) is 4.14. The molecule has 2 atom stereocenters. The second-order valence-electron chi connectivity index (χ2n) is 7.55. The molecule has 0 saturated heterocycles. The van der Waals surface area contributed by atoms with Gasteiger partial charge in [0.15, 0.2) is 0 Å². The molecule has 3 aromatic rings. The first-order chi connectivity index (χ1) is 13.5. The van der Waals surface area contributed by atoms with Gasteiger partial charge in [0.05, 0.1) is 17.0 Å². The summed E-state index contributed by atoms with van der Waals surface area (Å²) in [5, 5.41) is 9.43. The number of hydrogen-bond acceptors (Lipinski definition) is 3. The third-order valence-electron chi connectivity index (χ3n) is 5.59. The van der Waals surface area contributed by atoms with Crippen molar-refractivity contribution < 1.29 is 9.53 Å².